The van der Waals surface area contributed by atoms with E-state index in [-0.39, 0.29) is 17.2 Å². The van der Waals surface area contributed by atoms with Crippen LogP contribution >= 0.6 is 0 Å². The zero-order valence-corrected chi connectivity index (χ0v) is 11.3. The highest BCUT2D eigenvalue weighted by Gasteiger charge is 2.20. The average molecular weight is 308 g/mol. The number of amides is 1. The topological polar surface area (TPSA) is 89.2 Å². The number of aromatic nitrogens is 2. The summed E-state index contributed by atoms with van der Waals surface area (Å²) in [7, 11) is 0. The third kappa shape index (κ3) is 3.19. The summed E-state index contributed by atoms with van der Waals surface area (Å²) >= 11 is 0. The van der Waals surface area contributed by atoms with E-state index in [2.05, 4.69) is 9.97 Å². The molecule has 0 atom stereocenters. The van der Waals surface area contributed by atoms with E-state index >= 15 is 0 Å². The quantitative estimate of drug-likeness (QED) is 0.639. The molecular formula is C13H10F2N4O3. The van der Waals surface area contributed by atoms with Gasteiger partial charge in [0, 0.05) is 25.4 Å². The number of nitrogens with zero attached hydrogens (tertiary/aromatic N) is 4. The largest absolute Gasteiger partial charge is 0.280 e. The fourth-order valence-corrected chi connectivity index (χ4v) is 1.81. The molecule has 0 fully saturated rings. The second-order valence-corrected chi connectivity index (χ2v) is 4.22. The lowest BCUT2D eigenvalue weighted by Crippen LogP contribution is -2.24. The van der Waals surface area contributed by atoms with Crippen LogP contribution in [0.2, 0.25) is 0 Å². The van der Waals surface area contributed by atoms with E-state index in [9.17, 15) is 23.7 Å². The average Bonchev–Trinajstić information content (AvgIpc) is 2.47. The van der Waals surface area contributed by atoms with Crippen molar-refractivity contribution in [2.24, 2.45) is 0 Å². The van der Waals surface area contributed by atoms with Gasteiger partial charge in [0.25, 0.3) is 12.1 Å². The maximum absolute atomic E-state index is 12.7. The van der Waals surface area contributed by atoms with Gasteiger partial charge >= 0.3 is 0 Å². The lowest BCUT2D eigenvalue weighted by molar-refractivity contribution is -0.384. The van der Waals surface area contributed by atoms with Gasteiger partial charge in [-0.2, -0.15) is 0 Å². The van der Waals surface area contributed by atoms with Gasteiger partial charge in [0.1, 0.15) is 11.5 Å². The van der Waals surface area contributed by atoms with Crippen LogP contribution in [0.15, 0.2) is 36.7 Å². The van der Waals surface area contributed by atoms with Crippen LogP contribution in [-0.4, -0.2) is 20.8 Å². The summed E-state index contributed by atoms with van der Waals surface area (Å²) in [5, 5.41) is 10.8. The minimum absolute atomic E-state index is 0.0342. The third-order valence-electron chi connectivity index (χ3n) is 2.73. The number of carbonyl (C=O) groups is 1. The van der Waals surface area contributed by atoms with Crippen molar-refractivity contribution in [3.63, 3.8) is 0 Å². The molecule has 0 N–H and O–H groups in total. The molecule has 114 valence electrons. The van der Waals surface area contributed by atoms with Gasteiger partial charge in [-0.15, -0.1) is 0 Å². The van der Waals surface area contributed by atoms with Crippen LogP contribution in [0, 0.1) is 10.1 Å². The molecule has 0 radical (unpaired) electrons. The SMILES string of the molecule is CC(=O)N(c1ccnc(C(F)F)c1)c1cc([N+](=O)[O-])ccn1. The Morgan fingerprint density at radius 3 is 2.55 bits per heavy atom. The normalized spacial score (nSPS) is 10.5. The molecule has 2 aromatic heterocycles. The first kappa shape index (κ1) is 15.4. The molecule has 0 unspecified atom stereocenters. The van der Waals surface area contributed by atoms with Crippen LogP contribution < -0.4 is 4.90 Å². The Bertz CT molecular complexity index is 724. The zero-order chi connectivity index (χ0) is 16.3. The van der Waals surface area contributed by atoms with Crippen LogP contribution in [0.1, 0.15) is 19.0 Å². The van der Waals surface area contributed by atoms with E-state index in [1.807, 2.05) is 0 Å². The predicted octanol–water partition coefficient (Wildman–Crippen LogP) is 3.01. The van der Waals surface area contributed by atoms with Crippen molar-refractivity contribution in [3.8, 4) is 0 Å². The first-order valence-corrected chi connectivity index (χ1v) is 6.05. The van der Waals surface area contributed by atoms with Gasteiger partial charge in [-0.05, 0) is 12.1 Å². The summed E-state index contributed by atoms with van der Waals surface area (Å²) in [6.07, 6.45) is -0.505. The summed E-state index contributed by atoms with van der Waals surface area (Å²) in [5.74, 6) is -0.562. The molecule has 22 heavy (non-hydrogen) atoms. The van der Waals surface area contributed by atoms with Crippen molar-refractivity contribution in [2.45, 2.75) is 13.3 Å². The van der Waals surface area contributed by atoms with Gasteiger partial charge in [-0.25, -0.2) is 13.8 Å². The number of pyridine rings is 2. The van der Waals surface area contributed by atoms with Crippen LogP contribution in [0.25, 0.3) is 0 Å². The highest BCUT2D eigenvalue weighted by atomic mass is 19.3. The second kappa shape index (κ2) is 6.20. The molecule has 0 aliphatic heterocycles. The first-order chi connectivity index (χ1) is 10.4. The molecule has 0 saturated heterocycles. The Morgan fingerprint density at radius 2 is 1.95 bits per heavy atom. The van der Waals surface area contributed by atoms with Crippen LogP contribution in [0.5, 0.6) is 0 Å². The third-order valence-corrected chi connectivity index (χ3v) is 2.73. The lowest BCUT2D eigenvalue weighted by Gasteiger charge is -2.20. The van der Waals surface area contributed by atoms with E-state index in [1.165, 1.54) is 25.3 Å². The van der Waals surface area contributed by atoms with Gasteiger partial charge in [-0.3, -0.25) is 24.8 Å². The van der Waals surface area contributed by atoms with Crippen molar-refractivity contribution in [3.05, 3.63) is 52.5 Å². The Morgan fingerprint density at radius 1 is 1.27 bits per heavy atom. The number of nitro groups is 1. The fourth-order valence-electron chi connectivity index (χ4n) is 1.81. The van der Waals surface area contributed by atoms with Gasteiger partial charge in [-0.1, -0.05) is 0 Å². The Hall–Kier alpha value is -2.97. The van der Waals surface area contributed by atoms with Gasteiger partial charge in [0.15, 0.2) is 0 Å². The van der Waals surface area contributed by atoms with E-state index in [4.69, 9.17) is 0 Å². The molecule has 0 aliphatic rings. The Labute approximate surface area is 123 Å². The van der Waals surface area contributed by atoms with Crippen molar-refractivity contribution < 1.29 is 18.5 Å². The maximum atomic E-state index is 12.7. The van der Waals surface area contributed by atoms with Crippen LogP contribution in [-0.2, 0) is 4.79 Å². The van der Waals surface area contributed by atoms with Crippen molar-refractivity contribution >= 4 is 23.1 Å². The van der Waals surface area contributed by atoms with Crippen LogP contribution in [0.4, 0.5) is 26.0 Å². The van der Waals surface area contributed by atoms with E-state index in [1.54, 1.807) is 0 Å². The number of hydrogen-bond donors (Lipinski definition) is 0. The summed E-state index contributed by atoms with van der Waals surface area (Å²) in [6.45, 7) is 1.20. The molecule has 0 spiro atoms. The fraction of sp³-hybridized carbons (Fsp3) is 0.154. The molecule has 9 heteroatoms. The number of alkyl halides is 2. The monoisotopic (exact) mass is 308 g/mol. The molecule has 2 aromatic rings. The Kier molecular flexibility index (Phi) is 4.35. The summed E-state index contributed by atoms with van der Waals surface area (Å²) < 4.78 is 25.4. The molecule has 0 aliphatic carbocycles. The van der Waals surface area contributed by atoms with Crippen molar-refractivity contribution in [1.82, 2.24) is 9.97 Å². The summed E-state index contributed by atoms with van der Waals surface area (Å²) in [6, 6.07) is 4.63. The molecule has 0 aromatic carbocycles. The highest BCUT2D eigenvalue weighted by molar-refractivity contribution is 5.98. The number of anilines is 2. The molecule has 0 bridgehead atoms. The maximum Gasteiger partial charge on any atom is 0.280 e. The standard InChI is InChI=1S/C13H10F2N4O3/c1-8(20)18(9-2-4-16-11(6-9)13(14)15)12-7-10(19(21)22)3-5-17-12/h2-7,13H,1H3. The predicted molar refractivity (Wildman–Crippen MR) is 72.9 cm³/mol. The lowest BCUT2D eigenvalue weighted by atomic mass is 10.2. The number of hydrogen-bond acceptors (Lipinski definition) is 5. The van der Waals surface area contributed by atoms with Crippen molar-refractivity contribution in [1.29, 1.82) is 0 Å². The van der Waals surface area contributed by atoms with Crippen molar-refractivity contribution in [2.75, 3.05) is 4.90 Å². The second-order valence-electron chi connectivity index (χ2n) is 4.22. The van der Waals surface area contributed by atoms with Crippen LogP contribution in [0.3, 0.4) is 0 Å². The van der Waals surface area contributed by atoms with Gasteiger partial charge in [0.05, 0.1) is 16.7 Å². The molecule has 2 rings (SSSR count). The Balaban J connectivity index is 2.51. The number of halogens is 2. The zero-order valence-electron chi connectivity index (χ0n) is 11.3. The molecular weight excluding hydrogens is 298 g/mol. The summed E-state index contributed by atoms with van der Waals surface area (Å²) in [4.78, 5) is 30.4. The summed E-state index contributed by atoms with van der Waals surface area (Å²) in [5.41, 5.74) is -0.667. The number of rotatable bonds is 4. The highest BCUT2D eigenvalue weighted by Crippen LogP contribution is 2.28. The minimum atomic E-state index is -2.80. The van der Waals surface area contributed by atoms with E-state index in [0.717, 1.165) is 23.2 Å². The smallest absolute Gasteiger partial charge is 0.274 e. The van der Waals surface area contributed by atoms with Gasteiger partial charge in [0.2, 0.25) is 5.91 Å². The molecule has 7 nitrogen and oxygen atoms in total. The first-order valence-electron chi connectivity index (χ1n) is 6.05. The van der Waals surface area contributed by atoms with E-state index in [0.29, 0.717) is 0 Å². The van der Waals surface area contributed by atoms with Gasteiger partial charge < -0.3 is 0 Å². The molecule has 1 amide bonds. The molecule has 2 heterocycles. The van der Waals surface area contributed by atoms with E-state index < -0.39 is 22.9 Å². The number of carbonyl (C=O) groups excluding carboxylic acids is 1. The minimum Gasteiger partial charge on any atom is -0.274 e. The molecule has 0 saturated carbocycles.